The summed E-state index contributed by atoms with van der Waals surface area (Å²) in [4.78, 5) is 33.0. The third kappa shape index (κ3) is 5.62. The normalized spacial score (nSPS) is 13.5. The number of fused-ring (bicyclic) bond motifs is 1. The smallest absolute Gasteiger partial charge is 0.261 e. The Morgan fingerprint density at radius 3 is 2.62 bits per heavy atom. The van der Waals surface area contributed by atoms with Gasteiger partial charge in [-0.2, -0.15) is 0 Å². The lowest BCUT2D eigenvalue weighted by molar-refractivity contribution is 0.0727. The molecule has 0 spiro atoms. The Balaban J connectivity index is 1.70. The minimum Gasteiger partial charge on any atom is -0.399 e. The molecule has 1 aromatic heterocycles. The molecule has 1 aliphatic rings. The van der Waals surface area contributed by atoms with Crippen LogP contribution < -0.4 is 16.6 Å². The molecule has 4 rings (SSSR count). The van der Waals surface area contributed by atoms with E-state index < -0.39 is 11.7 Å². The predicted octanol–water partition coefficient (Wildman–Crippen LogP) is 4.65. The van der Waals surface area contributed by atoms with Gasteiger partial charge in [0.05, 0.1) is 36.0 Å². The Kier molecular flexibility index (Phi) is 7.84. The van der Waals surface area contributed by atoms with Crippen molar-refractivity contribution in [1.29, 1.82) is 0 Å². The van der Waals surface area contributed by atoms with Crippen molar-refractivity contribution in [1.82, 2.24) is 14.5 Å². The van der Waals surface area contributed by atoms with Crippen molar-refractivity contribution in [3.8, 4) is 11.8 Å². The lowest BCUT2D eigenvalue weighted by Gasteiger charge is -2.30. The highest BCUT2D eigenvalue weighted by Gasteiger charge is 2.29. The first-order valence-corrected chi connectivity index (χ1v) is 12.5. The third-order valence-corrected chi connectivity index (χ3v) is 6.67. The van der Waals surface area contributed by atoms with Crippen molar-refractivity contribution in [2.45, 2.75) is 46.3 Å². The monoisotopic (exact) mass is 521 g/mol. The highest BCUT2D eigenvalue weighted by atomic mass is 35.5. The second-order valence-corrected chi connectivity index (χ2v) is 9.75. The van der Waals surface area contributed by atoms with Gasteiger partial charge in [-0.05, 0) is 48.7 Å². The zero-order chi connectivity index (χ0) is 26.7. The second kappa shape index (κ2) is 11.1. The number of nitrogens with two attached hydrogens (primary N) is 1. The van der Waals surface area contributed by atoms with E-state index in [0.29, 0.717) is 35.2 Å². The Morgan fingerprint density at radius 1 is 1.24 bits per heavy atom. The molecule has 0 fully saturated rings. The molecule has 3 N–H and O–H groups in total. The van der Waals surface area contributed by atoms with Crippen LogP contribution in [0, 0.1) is 23.6 Å². The molecule has 37 heavy (non-hydrogen) atoms. The summed E-state index contributed by atoms with van der Waals surface area (Å²) in [6.45, 7) is 6.36. The molecule has 192 valence electrons. The Labute approximate surface area is 220 Å². The van der Waals surface area contributed by atoms with Gasteiger partial charge in [0.15, 0.2) is 0 Å². The number of nitrogens with one attached hydrogen (secondary N) is 1. The minimum absolute atomic E-state index is 0.0362. The van der Waals surface area contributed by atoms with Gasteiger partial charge in [-0.15, -0.1) is 5.92 Å². The number of aromatic nitrogens is 2. The van der Waals surface area contributed by atoms with Gasteiger partial charge >= 0.3 is 0 Å². The molecule has 9 heteroatoms. The van der Waals surface area contributed by atoms with E-state index in [-0.39, 0.29) is 41.9 Å². The number of rotatable bonds is 6. The van der Waals surface area contributed by atoms with E-state index >= 15 is 0 Å². The molecule has 0 bridgehead atoms. The molecule has 0 unspecified atom stereocenters. The zero-order valence-corrected chi connectivity index (χ0v) is 21.8. The van der Waals surface area contributed by atoms with Crippen LogP contribution in [-0.2, 0) is 19.5 Å². The number of nitrogen functional groups attached to an aromatic ring is 1. The summed E-state index contributed by atoms with van der Waals surface area (Å²) >= 11 is 6.08. The zero-order valence-electron chi connectivity index (χ0n) is 21.0. The maximum Gasteiger partial charge on any atom is 0.261 e. The fraction of sp³-hybridized carbons (Fsp3) is 0.321. The first-order chi connectivity index (χ1) is 17.7. The number of amides is 1. The topological polar surface area (TPSA) is 93.2 Å². The molecular weight excluding hydrogens is 493 g/mol. The van der Waals surface area contributed by atoms with Crippen LogP contribution in [0.4, 0.5) is 16.0 Å². The van der Waals surface area contributed by atoms with E-state index in [1.165, 1.54) is 21.6 Å². The maximum absolute atomic E-state index is 14.4. The van der Waals surface area contributed by atoms with Crippen molar-refractivity contribution in [3.05, 3.63) is 86.0 Å². The summed E-state index contributed by atoms with van der Waals surface area (Å²) in [5.41, 5.74) is 7.54. The van der Waals surface area contributed by atoms with Gasteiger partial charge in [-0.1, -0.05) is 43.5 Å². The van der Waals surface area contributed by atoms with Crippen LogP contribution in [0.5, 0.6) is 0 Å². The van der Waals surface area contributed by atoms with Crippen molar-refractivity contribution < 1.29 is 9.18 Å². The van der Waals surface area contributed by atoms with Gasteiger partial charge in [0.1, 0.15) is 5.82 Å². The number of halogens is 2. The van der Waals surface area contributed by atoms with E-state index in [2.05, 4.69) is 31.0 Å². The van der Waals surface area contributed by atoms with E-state index in [0.717, 1.165) is 11.6 Å². The Bertz CT molecular complexity index is 1440. The Hall–Kier alpha value is -3.83. The van der Waals surface area contributed by atoms with Gasteiger partial charge in [-0.3, -0.25) is 14.2 Å². The van der Waals surface area contributed by atoms with Gasteiger partial charge in [0.25, 0.3) is 11.5 Å². The van der Waals surface area contributed by atoms with E-state index in [1.807, 2.05) is 24.3 Å². The molecule has 0 aliphatic carbocycles. The van der Waals surface area contributed by atoms with Crippen molar-refractivity contribution in [3.63, 3.8) is 0 Å². The van der Waals surface area contributed by atoms with E-state index in [9.17, 15) is 14.0 Å². The first-order valence-electron chi connectivity index (χ1n) is 12.1. The van der Waals surface area contributed by atoms with E-state index in [1.54, 1.807) is 6.92 Å². The first kappa shape index (κ1) is 26.2. The molecule has 1 amide bonds. The average molecular weight is 522 g/mol. The summed E-state index contributed by atoms with van der Waals surface area (Å²) < 4.78 is 15.9. The molecule has 7 nitrogen and oxygen atoms in total. The number of benzene rings is 2. The molecule has 0 radical (unpaired) electrons. The number of carbonyl (C=O) groups is 1. The average Bonchev–Trinajstić information content (AvgIpc) is 2.87. The van der Waals surface area contributed by atoms with Crippen LogP contribution in [0.1, 0.15) is 54.0 Å². The molecule has 2 aromatic carbocycles. The van der Waals surface area contributed by atoms with Crippen molar-refractivity contribution in [2.24, 2.45) is 5.92 Å². The molecule has 1 aliphatic heterocycles. The van der Waals surface area contributed by atoms with Crippen LogP contribution in [0.3, 0.4) is 0 Å². The Morgan fingerprint density at radius 2 is 1.97 bits per heavy atom. The lowest BCUT2D eigenvalue weighted by Crippen LogP contribution is -2.42. The molecule has 3 aromatic rings. The lowest BCUT2D eigenvalue weighted by atomic mass is 9.96. The summed E-state index contributed by atoms with van der Waals surface area (Å²) in [5.74, 6) is 5.20. The second-order valence-electron chi connectivity index (χ2n) is 9.31. The highest BCUT2D eigenvalue weighted by molar-refractivity contribution is 6.30. The molecule has 0 saturated heterocycles. The minimum atomic E-state index is -0.689. The molecule has 0 saturated carbocycles. The van der Waals surface area contributed by atoms with Crippen LogP contribution in [0.25, 0.3) is 0 Å². The van der Waals surface area contributed by atoms with Gasteiger partial charge < -0.3 is 16.0 Å². The summed E-state index contributed by atoms with van der Waals surface area (Å²) in [5, 5.41) is 4.10. The van der Waals surface area contributed by atoms with Crippen LogP contribution in [0.15, 0.2) is 47.3 Å². The van der Waals surface area contributed by atoms with Gasteiger partial charge in [0.2, 0.25) is 5.95 Å². The third-order valence-electron chi connectivity index (χ3n) is 6.42. The molecular formula is C28H29ClFN5O2. The number of nitrogens with zero attached hydrogens (tertiary/aromatic N) is 3. The number of anilines is 2. The highest BCUT2D eigenvalue weighted by Crippen LogP contribution is 2.28. The molecule has 2 heterocycles. The molecule has 1 atom stereocenters. The largest absolute Gasteiger partial charge is 0.399 e. The fourth-order valence-electron chi connectivity index (χ4n) is 4.42. The SMILES string of the molecule is CC#CCn1c(N[C@H](c2ccc(Cl)cc2)C(C)C)nc2c(c1=O)CN(C(=O)c1ccc(N)cc1F)CC2. The summed E-state index contributed by atoms with van der Waals surface area (Å²) in [7, 11) is 0. The van der Waals surface area contributed by atoms with Crippen LogP contribution >= 0.6 is 11.6 Å². The van der Waals surface area contributed by atoms with E-state index in [4.69, 9.17) is 22.3 Å². The van der Waals surface area contributed by atoms with Crippen molar-refractivity contribution in [2.75, 3.05) is 17.6 Å². The summed E-state index contributed by atoms with van der Waals surface area (Å²) in [6, 6.07) is 11.4. The van der Waals surface area contributed by atoms with Gasteiger partial charge in [-0.25, -0.2) is 9.37 Å². The van der Waals surface area contributed by atoms with Crippen LogP contribution in [-0.4, -0.2) is 26.9 Å². The maximum atomic E-state index is 14.4. The standard InChI is InChI=1S/C28H29ClFN5O2/c1-4-5-13-35-27(37)22-16-34(26(36)21-11-10-20(31)15-23(21)30)14-12-24(22)32-28(35)33-25(17(2)3)18-6-8-19(29)9-7-18/h6-11,15,17,25H,12-14,16,31H2,1-3H3,(H,32,33)/t25-/m0/s1. The predicted molar refractivity (Wildman–Crippen MR) is 144 cm³/mol. The fourth-order valence-corrected chi connectivity index (χ4v) is 4.55. The quantitative estimate of drug-likeness (QED) is 0.364. The number of hydrogen-bond acceptors (Lipinski definition) is 5. The number of hydrogen-bond donors (Lipinski definition) is 2. The number of carbonyl (C=O) groups excluding carboxylic acids is 1. The van der Waals surface area contributed by atoms with Crippen LogP contribution in [0.2, 0.25) is 5.02 Å². The van der Waals surface area contributed by atoms with Crippen molar-refractivity contribution >= 4 is 29.1 Å². The summed E-state index contributed by atoms with van der Waals surface area (Å²) in [6.07, 6.45) is 0.370. The van der Waals surface area contributed by atoms with Gasteiger partial charge in [0, 0.05) is 23.7 Å².